The van der Waals surface area contributed by atoms with E-state index in [9.17, 15) is 13.2 Å². The lowest BCUT2D eigenvalue weighted by Gasteiger charge is -2.28. The van der Waals surface area contributed by atoms with E-state index in [0.29, 0.717) is 13.0 Å². The second-order valence-corrected chi connectivity index (χ2v) is 9.90. The molecule has 5 nitrogen and oxygen atoms in total. The Labute approximate surface area is 151 Å². The first-order valence-corrected chi connectivity index (χ1v) is 10.7. The molecular weight excluding hydrogens is 338 g/mol. The lowest BCUT2D eigenvalue weighted by molar-refractivity contribution is 0.0241. The van der Waals surface area contributed by atoms with Gasteiger partial charge in [0.05, 0.1) is 11.5 Å². The van der Waals surface area contributed by atoms with E-state index in [-0.39, 0.29) is 17.5 Å². The van der Waals surface area contributed by atoms with Gasteiger partial charge in [0, 0.05) is 12.6 Å². The number of benzene rings is 1. The first kappa shape index (κ1) is 19.8. The summed E-state index contributed by atoms with van der Waals surface area (Å²) in [6, 6.07) is 9.62. The standard InChI is InChI=1S/C19H29NO4S/c1-19(2,3)24-18(21)20-13-7-12-17(20)15-25(22,23)14-8-11-16-9-5-4-6-10-16/h4-6,9-10,17H,7-8,11-15H2,1-3H3/t17-/m0/s1. The fourth-order valence-corrected chi connectivity index (χ4v) is 4.77. The molecule has 2 rings (SSSR count). The van der Waals surface area contributed by atoms with Gasteiger partial charge in [-0.25, -0.2) is 13.2 Å². The second kappa shape index (κ2) is 8.21. The summed E-state index contributed by atoms with van der Waals surface area (Å²) >= 11 is 0. The summed E-state index contributed by atoms with van der Waals surface area (Å²) in [6.07, 6.45) is 2.49. The number of hydrogen-bond acceptors (Lipinski definition) is 4. The van der Waals surface area contributed by atoms with E-state index in [1.807, 2.05) is 51.1 Å². The number of hydrogen-bond donors (Lipinski definition) is 0. The Kier molecular flexibility index (Phi) is 6.49. The molecule has 0 saturated carbocycles. The minimum absolute atomic E-state index is 0.0288. The van der Waals surface area contributed by atoms with Crippen LogP contribution in [0.15, 0.2) is 30.3 Å². The zero-order valence-electron chi connectivity index (χ0n) is 15.4. The first-order chi connectivity index (χ1) is 11.7. The van der Waals surface area contributed by atoms with Crippen LogP contribution in [-0.2, 0) is 21.0 Å². The van der Waals surface area contributed by atoms with Crippen molar-refractivity contribution in [3.63, 3.8) is 0 Å². The third kappa shape index (κ3) is 6.69. The zero-order chi connectivity index (χ0) is 18.5. The summed E-state index contributed by atoms with van der Waals surface area (Å²) in [6.45, 7) is 6.02. The number of likely N-dealkylation sites (tertiary alicyclic amines) is 1. The second-order valence-electron chi connectivity index (χ2n) is 7.67. The van der Waals surface area contributed by atoms with Crippen molar-refractivity contribution in [2.24, 2.45) is 0 Å². The summed E-state index contributed by atoms with van der Waals surface area (Å²) in [4.78, 5) is 13.8. The molecule has 0 N–H and O–H groups in total. The molecule has 140 valence electrons. The number of aryl methyl sites for hydroxylation is 1. The fraction of sp³-hybridized carbons (Fsp3) is 0.632. The van der Waals surface area contributed by atoms with E-state index < -0.39 is 21.5 Å². The monoisotopic (exact) mass is 367 g/mol. The van der Waals surface area contributed by atoms with Crippen LogP contribution >= 0.6 is 0 Å². The Morgan fingerprint density at radius 1 is 1.24 bits per heavy atom. The molecule has 0 aliphatic carbocycles. The predicted octanol–water partition coefficient (Wildman–Crippen LogP) is 3.43. The van der Waals surface area contributed by atoms with Gasteiger partial charge in [0.25, 0.3) is 0 Å². The largest absolute Gasteiger partial charge is 0.444 e. The van der Waals surface area contributed by atoms with Crippen molar-refractivity contribution in [2.75, 3.05) is 18.1 Å². The predicted molar refractivity (Wildman–Crippen MR) is 99.4 cm³/mol. The van der Waals surface area contributed by atoms with Crippen molar-refractivity contribution in [1.29, 1.82) is 0 Å². The quantitative estimate of drug-likeness (QED) is 0.773. The number of rotatable bonds is 6. The molecule has 1 heterocycles. The van der Waals surface area contributed by atoms with Crippen molar-refractivity contribution < 1.29 is 17.9 Å². The fourth-order valence-electron chi connectivity index (χ4n) is 3.09. The molecule has 0 bridgehead atoms. The normalized spacial score (nSPS) is 18.4. The molecule has 0 radical (unpaired) electrons. The van der Waals surface area contributed by atoms with Gasteiger partial charge in [0.1, 0.15) is 5.60 Å². The van der Waals surface area contributed by atoms with Crippen LogP contribution in [0.4, 0.5) is 4.79 Å². The molecule has 1 aromatic carbocycles. The number of carbonyl (C=O) groups is 1. The van der Waals surface area contributed by atoms with Crippen LogP contribution in [0.5, 0.6) is 0 Å². The molecule has 1 saturated heterocycles. The third-order valence-corrected chi connectivity index (χ3v) is 6.02. The van der Waals surface area contributed by atoms with E-state index in [0.717, 1.165) is 24.8 Å². The lowest BCUT2D eigenvalue weighted by atomic mass is 10.1. The van der Waals surface area contributed by atoms with Crippen molar-refractivity contribution >= 4 is 15.9 Å². The molecule has 25 heavy (non-hydrogen) atoms. The van der Waals surface area contributed by atoms with Crippen molar-refractivity contribution in [3.8, 4) is 0 Å². The van der Waals surface area contributed by atoms with Gasteiger partial charge < -0.3 is 9.64 Å². The van der Waals surface area contributed by atoms with Crippen LogP contribution in [0.2, 0.25) is 0 Å². The Balaban J connectivity index is 1.87. The summed E-state index contributed by atoms with van der Waals surface area (Å²) in [5.74, 6) is 0.182. The Hall–Kier alpha value is -1.56. The number of ether oxygens (including phenoxy) is 1. The molecule has 1 fully saturated rings. The van der Waals surface area contributed by atoms with Crippen LogP contribution in [0.3, 0.4) is 0 Å². The SMILES string of the molecule is CC(C)(C)OC(=O)N1CCC[C@H]1CS(=O)(=O)CCCc1ccccc1. The summed E-state index contributed by atoms with van der Waals surface area (Å²) < 4.78 is 30.3. The van der Waals surface area contributed by atoms with Crippen LogP contribution in [0, 0.1) is 0 Å². The van der Waals surface area contributed by atoms with Gasteiger partial charge in [0.15, 0.2) is 9.84 Å². The van der Waals surface area contributed by atoms with Gasteiger partial charge in [0.2, 0.25) is 0 Å². The number of sulfone groups is 1. The molecule has 0 aromatic heterocycles. The van der Waals surface area contributed by atoms with Gasteiger partial charge in [-0.15, -0.1) is 0 Å². The van der Waals surface area contributed by atoms with Crippen molar-refractivity contribution in [1.82, 2.24) is 4.90 Å². The molecule has 1 aliphatic rings. The highest BCUT2D eigenvalue weighted by Gasteiger charge is 2.34. The highest BCUT2D eigenvalue weighted by atomic mass is 32.2. The van der Waals surface area contributed by atoms with Crippen LogP contribution < -0.4 is 0 Å². The maximum absolute atomic E-state index is 12.5. The molecule has 1 atom stereocenters. The van der Waals surface area contributed by atoms with E-state index >= 15 is 0 Å². The third-order valence-electron chi connectivity index (χ3n) is 4.22. The maximum atomic E-state index is 12.5. The van der Waals surface area contributed by atoms with E-state index in [2.05, 4.69) is 0 Å². The molecule has 1 aromatic rings. The average molecular weight is 368 g/mol. The van der Waals surface area contributed by atoms with Gasteiger partial charge in [-0.3, -0.25) is 0 Å². The van der Waals surface area contributed by atoms with Gasteiger partial charge in [-0.05, 0) is 52.0 Å². The van der Waals surface area contributed by atoms with Crippen molar-refractivity contribution in [3.05, 3.63) is 35.9 Å². The van der Waals surface area contributed by atoms with E-state index in [1.165, 1.54) is 0 Å². The van der Waals surface area contributed by atoms with Gasteiger partial charge >= 0.3 is 6.09 Å². The number of carbonyl (C=O) groups excluding carboxylic acids is 1. The summed E-state index contributed by atoms with van der Waals surface area (Å²) in [5.41, 5.74) is 0.577. The smallest absolute Gasteiger partial charge is 0.410 e. The molecule has 1 aliphatic heterocycles. The zero-order valence-corrected chi connectivity index (χ0v) is 16.2. The van der Waals surface area contributed by atoms with Crippen LogP contribution in [0.1, 0.15) is 45.6 Å². The van der Waals surface area contributed by atoms with Crippen LogP contribution in [-0.4, -0.2) is 49.1 Å². The molecule has 0 unspecified atom stereocenters. The highest BCUT2D eigenvalue weighted by Crippen LogP contribution is 2.22. The highest BCUT2D eigenvalue weighted by molar-refractivity contribution is 7.91. The summed E-state index contributed by atoms with van der Waals surface area (Å²) in [7, 11) is -3.19. The van der Waals surface area contributed by atoms with Crippen molar-refractivity contribution in [2.45, 2.75) is 58.1 Å². The lowest BCUT2D eigenvalue weighted by Crippen LogP contribution is -2.43. The average Bonchev–Trinajstić information content (AvgIpc) is 2.94. The Morgan fingerprint density at radius 2 is 1.92 bits per heavy atom. The van der Waals surface area contributed by atoms with E-state index in [4.69, 9.17) is 4.74 Å². The van der Waals surface area contributed by atoms with Gasteiger partial charge in [-0.1, -0.05) is 30.3 Å². The molecule has 1 amide bonds. The van der Waals surface area contributed by atoms with E-state index in [1.54, 1.807) is 4.90 Å². The maximum Gasteiger partial charge on any atom is 0.410 e. The minimum Gasteiger partial charge on any atom is -0.444 e. The number of nitrogens with zero attached hydrogens (tertiary/aromatic N) is 1. The topological polar surface area (TPSA) is 63.7 Å². The first-order valence-electron chi connectivity index (χ1n) is 8.90. The minimum atomic E-state index is -3.19. The molecule has 6 heteroatoms. The Bertz CT molecular complexity index is 664. The summed E-state index contributed by atoms with van der Waals surface area (Å²) in [5, 5.41) is 0. The van der Waals surface area contributed by atoms with Gasteiger partial charge in [-0.2, -0.15) is 0 Å². The number of amides is 1. The molecular formula is C19H29NO4S. The Morgan fingerprint density at radius 3 is 2.56 bits per heavy atom. The molecule has 0 spiro atoms. The van der Waals surface area contributed by atoms with Crippen LogP contribution in [0.25, 0.3) is 0 Å².